The molecule has 7 nitrogen and oxygen atoms in total. The topological polar surface area (TPSA) is 79.4 Å². The first-order valence-corrected chi connectivity index (χ1v) is 7.73. The van der Waals surface area contributed by atoms with Crippen molar-refractivity contribution in [3.05, 3.63) is 18.0 Å². The van der Waals surface area contributed by atoms with Crippen LogP contribution in [-0.4, -0.2) is 60.7 Å². The summed E-state index contributed by atoms with van der Waals surface area (Å²) < 4.78 is 5.55. The Hall–Kier alpha value is -1.73. The number of nitrogens with one attached hydrogen (secondary N) is 2. The molecule has 2 heterocycles. The number of ether oxygens (including phenoxy) is 1. The van der Waals surface area contributed by atoms with Crippen LogP contribution >= 0.6 is 0 Å². The van der Waals surface area contributed by atoms with Crippen LogP contribution in [0.1, 0.15) is 24.8 Å². The predicted octanol–water partition coefficient (Wildman–Crippen LogP) is 0.635. The molecule has 0 unspecified atom stereocenters. The third kappa shape index (κ3) is 5.57. The Kier molecular flexibility index (Phi) is 6.54. The summed E-state index contributed by atoms with van der Waals surface area (Å²) in [5.41, 5.74) is 1.03. The maximum atomic E-state index is 11.2. The molecule has 0 saturated carbocycles. The molecule has 1 aliphatic rings. The first kappa shape index (κ1) is 16.6. The molecule has 1 aromatic heterocycles. The molecule has 2 rings (SSSR count). The number of nitrogens with zero attached hydrogens (tertiary/aromatic N) is 3. The summed E-state index contributed by atoms with van der Waals surface area (Å²) in [4.78, 5) is 21.9. The van der Waals surface area contributed by atoms with Gasteiger partial charge in [0.25, 0.3) is 0 Å². The first-order valence-electron chi connectivity index (χ1n) is 7.73. The van der Waals surface area contributed by atoms with Crippen LogP contribution in [0.3, 0.4) is 0 Å². The zero-order chi connectivity index (χ0) is 15.8. The highest BCUT2D eigenvalue weighted by atomic mass is 16.5. The molecular weight excluding hydrogens is 282 g/mol. The van der Waals surface area contributed by atoms with Crippen LogP contribution < -0.4 is 10.6 Å². The number of hydrogen-bond acceptors (Lipinski definition) is 6. The Balaban J connectivity index is 1.72. The van der Waals surface area contributed by atoms with E-state index in [9.17, 15) is 4.79 Å². The van der Waals surface area contributed by atoms with Gasteiger partial charge in [-0.3, -0.25) is 4.79 Å². The number of anilines is 1. The highest BCUT2D eigenvalue weighted by Crippen LogP contribution is 2.12. The van der Waals surface area contributed by atoms with Crippen molar-refractivity contribution in [1.82, 2.24) is 20.2 Å². The number of amides is 1. The monoisotopic (exact) mass is 307 g/mol. The lowest BCUT2D eigenvalue weighted by Gasteiger charge is -2.16. The first-order chi connectivity index (χ1) is 10.7. The van der Waals surface area contributed by atoms with Gasteiger partial charge in [-0.05, 0) is 19.9 Å². The maximum Gasteiger partial charge on any atom is 0.222 e. The molecular formula is C15H25N5O2. The molecule has 7 heteroatoms. The van der Waals surface area contributed by atoms with E-state index in [1.54, 1.807) is 7.05 Å². The molecule has 1 fully saturated rings. The second kappa shape index (κ2) is 8.65. The SMILES string of the molecule is CNC(=O)CCN(C)Cc1cnc(NC[C@@H]2CCCO2)nc1. The van der Waals surface area contributed by atoms with Crippen molar-refractivity contribution in [3.63, 3.8) is 0 Å². The second-order valence-electron chi connectivity index (χ2n) is 5.59. The normalized spacial score (nSPS) is 17.7. The minimum absolute atomic E-state index is 0.0526. The maximum absolute atomic E-state index is 11.2. The van der Waals surface area contributed by atoms with Crippen LogP contribution in [0.4, 0.5) is 5.95 Å². The Morgan fingerprint density at radius 1 is 1.45 bits per heavy atom. The Morgan fingerprint density at radius 2 is 2.23 bits per heavy atom. The van der Waals surface area contributed by atoms with Gasteiger partial charge in [-0.2, -0.15) is 0 Å². The van der Waals surface area contributed by atoms with Gasteiger partial charge in [0.1, 0.15) is 0 Å². The molecule has 2 N–H and O–H groups in total. The van der Waals surface area contributed by atoms with Crippen LogP contribution in [0.2, 0.25) is 0 Å². The standard InChI is InChI=1S/C15H25N5O2/c1-16-14(21)5-6-20(2)11-12-8-17-15(18-9-12)19-10-13-4-3-7-22-13/h8-9,13H,3-7,10-11H2,1-2H3,(H,16,21)(H,17,18,19)/t13-/m0/s1. The summed E-state index contributed by atoms with van der Waals surface area (Å²) in [7, 11) is 3.63. The van der Waals surface area contributed by atoms with Gasteiger partial charge in [0.05, 0.1) is 6.10 Å². The average molecular weight is 307 g/mol. The van der Waals surface area contributed by atoms with Crippen LogP contribution in [0.25, 0.3) is 0 Å². The van der Waals surface area contributed by atoms with Crippen LogP contribution in [0.5, 0.6) is 0 Å². The van der Waals surface area contributed by atoms with Crippen molar-refractivity contribution in [2.75, 3.05) is 39.1 Å². The molecule has 1 atom stereocenters. The summed E-state index contributed by atoms with van der Waals surface area (Å²) in [6.07, 6.45) is 6.65. The molecule has 1 aliphatic heterocycles. The fourth-order valence-electron chi connectivity index (χ4n) is 2.35. The van der Waals surface area contributed by atoms with E-state index in [4.69, 9.17) is 4.74 Å². The third-order valence-electron chi connectivity index (χ3n) is 3.67. The van der Waals surface area contributed by atoms with E-state index in [1.807, 2.05) is 19.4 Å². The van der Waals surface area contributed by atoms with E-state index in [1.165, 1.54) is 0 Å². The molecule has 22 heavy (non-hydrogen) atoms. The van der Waals surface area contributed by atoms with Gasteiger partial charge >= 0.3 is 0 Å². The van der Waals surface area contributed by atoms with Gasteiger partial charge in [-0.15, -0.1) is 0 Å². The van der Waals surface area contributed by atoms with Crippen molar-refractivity contribution in [3.8, 4) is 0 Å². The highest BCUT2D eigenvalue weighted by Gasteiger charge is 2.15. The lowest BCUT2D eigenvalue weighted by atomic mass is 10.2. The van der Waals surface area contributed by atoms with Crippen molar-refractivity contribution in [2.24, 2.45) is 0 Å². The third-order valence-corrected chi connectivity index (χ3v) is 3.67. The number of carbonyl (C=O) groups excluding carboxylic acids is 1. The van der Waals surface area contributed by atoms with Crippen LogP contribution in [-0.2, 0) is 16.1 Å². The van der Waals surface area contributed by atoms with Crippen LogP contribution in [0, 0.1) is 0 Å². The van der Waals surface area contributed by atoms with Crippen molar-refractivity contribution in [1.29, 1.82) is 0 Å². The van der Waals surface area contributed by atoms with Crippen molar-refractivity contribution < 1.29 is 9.53 Å². The van der Waals surface area contributed by atoms with Gasteiger partial charge in [-0.1, -0.05) is 0 Å². The fraction of sp³-hybridized carbons (Fsp3) is 0.667. The Labute approximate surface area is 131 Å². The molecule has 0 aromatic carbocycles. The molecule has 0 radical (unpaired) electrons. The zero-order valence-electron chi connectivity index (χ0n) is 13.3. The van der Waals surface area contributed by atoms with Crippen molar-refractivity contribution in [2.45, 2.75) is 31.9 Å². The number of rotatable bonds is 8. The van der Waals surface area contributed by atoms with E-state index < -0.39 is 0 Å². The summed E-state index contributed by atoms with van der Waals surface area (Å²) in [6, 6.07) is 0. The molecule has 0 spiro atoms. The van der Waals surface area contributed by atoms with E-state index in [0.717, 1.165) is 38.1 Å². The molecule has 1 aromatic rings. The number of carbonyl (C=O) groups is 1. The van der Waals surface area contributed by atoms with E-state index in [-0.39, 0.29) is 12.0 Å². The molecule has 0 bridgehead atoms. The van der Waals surface area contributed by atoms with Gasteiger partial charge in [0, 0.05) is 57.7 Å². The summed E-state index contributed by atoms with van der Waals surface area (Å²) in [5.74, 6) is 0.684. The second-order valence-corrected chi connectivity index (χ2v) is 5.59. The van der Waals surface area contributed by atoms with Gasteiger partial charge in [0.2, 0.25) is 11.9 Å². The summed E-state index contributed by atoms with van der Waals surface area (Å²) >= 11 is 0. The molecule has 1 saturated heterocycles. The smallest absolute Gasteiger partial charge is 0.222 e. The van der Waals surface area contributed by atoms with E-state index >= 15 is 0 Å². The zero-order valence-corrected chi connectivity index (χ0v) is 13.3. The van der Waals surface area contributed by atoms with Gasteiger partial charge in [0.15, 0.2) is 0 Å². The summed E-state index contributed by atoms with van der Waals surface area (Å²) in [6.45, 7) is 3.04. The average Bonchev–Trinajstić information content (AvgIpc) is 3.05. The van der Waals surface area contributed by atoms with E-state index in [2.05, 4.69) is 25.5 Å². The summed E-state index contributed by atoms with van der Waals surface area (Å²) in [5, 5.41) is 5.82. The molecule has 122 valence electrons. The molecule has 0 aliphatic carbocycles. The minimum atomic E-state index is 0.0526. The van der Waals surface area contributed by atoms with Crippen LogP contribution in [0.15, 0.2) is 12.4 Å². The molecule has 1 amide bonds. The minimum Gasteiger partial charge on any atom is -0.376 e. The predicted molar refractivity (Wildman–Crippen MR) is 84.5 cm³/mol. The number of aromatic nitrogens is 2. The highest BCUT2D eigenvalue weighted by molar-refractivity contribution is 5.75. The van der Waals surface area contributed by atoms with Gasteiger partial charge < -0.3 is 20.3 Å². The Bertz CT molecular complexity index is 460. The Morgan fingerprint density at radius 3 is 2.86 bits per heavy atom. The quantitative estimate of drug-likeness (QED) is 0.733. The lowest BCUT2D eigenvalue weighted by molar-refractivity contribution is -0.120. The number of hydrogen-bond donors (Lipinski definition) is 2. The van der Waals surface area contributed by atoms with Gasteiger partial charge in [-0.25, -0.2) is 9.97 Å². The largest absolute Gasteiger partial charge is 0.376 e. The van der Waals surface area contributed by atoms with E-state index in [0.29, 0.717) is 18.9 Å². The fourth-order valence-corrected chi connectivity index (χ4v) is 2.35. The lowest BCUT2D eigenvalue weighted by Crippen LogP contribution is -2.26. The van der Waals surface area contributed by atoms with Crippen molar-refractivity contribution >= 4 is 11.9 Å².